The number of anilines is 1. The Morgan fingerprint density at radius 3 is 2.47 bits per heavy atom. The molecule has 10 heteroatoms. The van der Waals surface area contributed by atoms with Gasteiger partial charge in [-0.1, -0.05) is 36.0 Å². The van der Waals surface area contributed by atoms with Crippen LogP contribution in [0, 0.1) is 0 Å². The van der Waals surface area contributed by atoms with Crippen LogP contribution in [0.5, 0.6) is 11.5 Å². The number of thiophene rings is 1. The molecule has 0 saturated carbocycles. The average molecular weight is 495 g/mol. The number of nitrogens with zero attached hydrogens (tertiary/aromatic N) is 3. The molecule has 0 aliphatic heterocycles. The van der Waals surface area contributed by atoms with Crippen molar-refractivity contribution in [2.45, 2.75) is 18.6 Å². The normalized spacial score (nSPS) is 10.6. The summed E-state index contributed by atoms with van der Waals surface area (Å²) in [5.74, 6) is 1.25. The predicted octanol–water partition coefficient (Wildman–Crippen LogP) is 5.09. The zero-order valence-electron chi connectivity index (χ0n) is 18.3. The van der Waals surface area contributed by atoms with Gasteiger partial charge >= 0.3 is 5.97 Å². The minimum atomic E-state index is -0.505. The molecule has 174 valence electrons. The van der Waals surface area contributed by atoms with E-state index in [4.69, 9.17) is 9.47 Å². The molecule has 0 atom stereocenters. The lowest BCUT2D eigenvalue weighted by molar-refractivity contribution is -0.144. The Bertz CT molecular complexity index is 1230. The third-order valence-electron chi connectivity index (χ3n) is 4.57. The van der Waals surface area contributed by atoms with Crippen LogP contribution in [-0.2, 0) is 20.9 Å². The molecule has 2 aromatic heterocycles. The number of amides is 1. The van der Waals surface area contributed by atoms with Gasteiger partial charge in [-0.05, 0) is 54.8 Å². The zero-order chi connectivity index (χ0) is 23.8. The maximum atomic E-state index is 12.2. The number of ether oxygens (including phenoxy) is 2. The highest BCUT2D eigenvalue weighted by Crippen LogP contribution is 2.27. The number of hydrogen-bond acceptors (Lipinski definition) is 8. The summed E-state index contributed by atoms with van der Waals surface area (Å²) in [6, 6.07) is 20.3. The number of carbonyl (C=O) groups excluding carboxylic acids is 2. The number of rotatable bonds is 10. The van der Waals surface area contributed by atoms with E-state index in [1.54, 1.807) is 35.6 Å². The predicted molar refractivity (Wildman–Crippen MR) is 132 cm³/mol. The molecule has 0 radical (unpaired) electrons. The average Bonchev–Trinajstić information content (AvgIpc) is 3.53. The van der Waals surface area contributed by atoms with Crippen molar-refractivity contribution in [1.82, 2.24) is 14.8 Å². The maximum Gasteiger partial charge on any atom is 0.316 e. The Labute approximate surface area is 204 Å². The summed E-state index contributed by atoms with van der Waals surface area (Å²) in [6.45, 7) is 2.30. The molecule has 0 fully saturated rings. The van der Waals surface area contributed by atoms with Crippen LogP contribution in [0.15, 0.2) is 77.3 Å². The van der Waals surface area contributed by atoms with Gasteiger partial charge in [-0.2, -0.15) is 0 Å². The molecule has 4 rings (SSSR count). The molecule has 0 aliphatic rings. The van der Waals surface area contributed by atoms with Crippen molar-refractivity contribution in [2.24, 2.45) is 0 Å². The van der Waals surface area contributed by atoms with E-state index in [1.165, 1.54) is 11.8 Å². The van der Waals surface area contributed by atoms with Gasteiger partial charge < -0.3 is 19.4 Å². The van der Waals surface area contributed by atoms with Crippen molar-refractivity contribution < 1.29 is 19.1 Å². The van der Waals surface area contributed by atoms with Gasteiger partial charge in [0.15, 0.2) is 17.6 Å². The second kappa shape index (κ2) is 11.5. The number of carbonyl (C=O) groups is 2. The quantitative estimate of drug-likeness (QED) is 0.242. The fraction of sp³-hybridized carbons (Fsp3) is 0.167. The molecule has 0 aliphatic carbocycles. The van der Waals surface area contributed by atoms with E-state index in [-0.39, 0.29) is 12.4 Å². The molecular weight excluding hydrogens is 472 g/mol. The first kappa shape index (κ1) is 23.5. The summed E-state index contributed by atoms with van der Waals surface area (Å²) in [5, 5.41) is 13.7. The third kappa shape index (κ3) is 6.24. The first-order valence-corrected chi connectivity index (χ1v) is 12.4. The summed E-state index contributed by atoms with van der Waals surface area (Å²) < 4.78 is 12.8. The van der Waals surface area contributed by atoms with E-state index in [0.717, 1.165) is 16.5 Å². The second-order valence-corrected chi connectivity index (χ2v) is 8.85. The Morgan fingerprint density at radius 2 is 1.76 bits per heavy atom. The fourth-order valence-corrected chi connectivity index (χ4v) is 4.53. The number of thioether (sulfide) groups is 1. The lowest BCUT2D eigenvalue weighted by atomic mass is 10.3. The van der Waals surface area contributed by atoms with Crippen LogP contribution in [0.25, 0.3) is 10.7 Å². The second-order valence-electron chi connectivity index (χ2n) is 6.96. The third-order valence-corrected chi connectivity index (χ3v) is 6.38. The Kier molecular flexibility index (Phi) is 7.95. The summed E-state index contributed by atoms with van der Waals surface area (Å²) in [6.07, 6.45) is 0. The van der Waals surface area contributed by atoms with Gasteiger partial charge in [0.1, 0.15) is 11.5 Å². The van der Waals surface area contributed by atoms with Crippen LogP contribution in [0.4, 0.5) is 5.69 Å². The Morgan fingerprint density at radius 1 is 1.00 bits per heavy atom. The molecule has 2 heterocycles. The van der Waals surface area contributed by atoms with Gasteiger partial charge in [0, 0.05) is 12.2 Å². The van der Waals surface area contributed by atoms with Gasteiger partial charge in [0.05, 0.1) is 10.6 Å². The first-order valence-electron chi connectivity index (χ1n) is 10.5. The van der Waals surface area contributed by atoms with Gasteiger partial charge in [-0.25, -0.2) is 0 Å². The molecule has 2 aromatic carbocycles. The molecule has 4 aromatic rings. The molecule has 1 amide bonds. The number of nitrogens with one attached hydrogen (secondary N) is 1. The summed E-state index contributed by atoms with van der Waals surface area (Å²) in [4.78, 5) is 25.3. The number of benzene rings is 2. The monoisotopic (exact) mass is 494 g/mol. The van der Waals surface area contributed by atoms with Crippen LogP contribution in [0.1, 0.15) is 6.92 Å². The van der Waals surface area contributed by atoms with Crippen LogP contribution >= 0.6 is 23.1 Å². The van der Waals surface area contributed by atoms with Crippen molar-refractivity contribution in [1.29, 1.82) is 0 Å². The summed E-state index contributed by atoms with van der Waals surface area (Å²) in [7, 11) is 0. The van der Waals surface area contributed by atoms with Gasteiger partial charge in [0.25, 0.3) is 5.91 Å². The van der Waals surface area contributed by atoms with Crippen molar-refractivity contribution in [3.63, 3.8) is 0 Å². The minimum absolute atomic E-state index is 0.0291. The fourth-order valence-electron chi connectivity index (χ4n) is 3.01. The SMILES string of the molecule is CCn1c(SCC(=O)OCC(=O)Nc2ccc(Oc3ccccc3)cc2)nnc1-c1cccs1. The largest absolute Gasteiger partial charge is 0.457 e. The standard InChI is InChI=1S/C24H22N4O4S2/c1-2-28-23(20-9-6-14-33-20)26-27-24(28)34-16-22(30)31-15-21(29)25-17-10-12-19(13-11-17)32-18-7-4-3-5-8-18/h3-14H,2,15-16H2,1H3,(H,25,29). The lowest BCUT2D eigenvalue weighted by Crippen LogP contribution is -2.21. The van der Waals surface area contributed by atoms with E-state index < -0.39 is 11.9 Å². The highest BCUT2D eigenvalue weighted by atomic mass is 32.2. The summed E-state index contributed by atoms with van der Waals surface area (Å²) >= 11 is 2.81. The Balaban J connectivity index is 1.22. The number of hydrogen-bond donors (Lipinski definition) is 1. The molecule has 0 unspecified atom stereocenters. The van der Waals surface area contributed by atoms with Crippen molar-refractivity contribution in [3.05, 3.63) is 72.1 Å². The van der Waals surface area contributed by atoms with E-state index in [2.05, 4.69) is 15.5 Å². The van der Waals surface area contributed by atoms with Crippen molar-refractivity contribution in [3.8, 4) is 22.2 Å². The highest BCUT2D eigenvalue weighted by Gasteiger charge is 2.16. The smallest absolute Gasteiger partial charge is 0.316 e. The highest BCUT2D eigenvalue weighted by molar-refractivity contribution is 7.99. The molecule has 8 nitrogen and oxygen atoms in total. The lowest BCUT2D eigenvalue weighted by Gasteiger charge is -2.09. The number of esters is 1. The van der Waals surface area contributed by atoms with Crippen molar-refractivity contribution in [2.75, 3.05) is 17.7 Å². The van der Waals surface area contributed by atoms with Crippen LogP contribution in [0.3, 0.4) is 0 Å². The molecule has 1 N–H and O–H groups in total. The van der Waals surface area contributed by atoms with Crippen molar-refractivity contribution >= 4 is 40.7 Å². The topological polar surface area (TPSA) is 95.3 Å². The van der Waals surface area contributed by atoms with Crippen LogP contribution in [-0.4, -0.2) is 39.0 Å². The van der Waals surface area contributed by atoms with E-state index >= 15 is 0 Å². The molecule has 0 bridgehead atoms. The number of aromatic nitrogens is 3. The maximum absolute atomic E-state index is 12.2. The van der Waals surface area contributed by atoms with Crippen LogP contribution in [0.2, 0.25) is 0 Å². The van der Waals surface area contributed by atoms with Gasteiger partial charge in [0.2, 0.25) is 0 Å². The molecule has 0 spiro atoms. The summed E-state index contributed by atoms with van der Waals surface area (Å²) in [5.41, 5.74) is 0.577. The van der Waals surface area contributed by atoms with E-state index in [0.29, 0.717) is 23.1 Å². The molecular formula is C24H22N4O4S2. The molecule has 0 saturated heterocycles. The first-order chi connectivity index (χ1) is 16.6. The number of para-hydroxylation sites is 1. The zero-order valence-corrected chi connectivity index (χ0v) is 20.0. The van der Waals surface area contributed by atoms with E-state index in [1.807, 2.05) is 59.3 Å². The van der Waals surface area contributed by atoms with Gasteiger partial charge in [-0.15, -0.1) is 21.5 Å². The Hall–Kier alpha value is -3.63. The molecule has 34 heavy (non-hydrogen) atoms. The van der Waals surface area contributed by atoms with Gasteiger partial charge in [-0.3, -0.25) is 9.59 Å². The minimum Gasteiger partial charge on any atom is -0.457 e. The van der Waals surface area contributed by atoms with Crippen LogP contribution < -0.4 is 10.1 Å². The van der Waals surface area contributed by atoms with E-state index in [9.17, 15) is 9.59 Å².